The third kappa shape index (κ3) is 9.84. The largest absolute Gasteiger partial charge is 0.398 e. The van der Waals surface area contributed by atoms with E-state index in [2.05, 4.69) is 117 Å². The van der Waals surface area contributed by atoms with Gasteiger partial charge in [0.2, 0.25) is 0 Å². The highest BCUT2D eigenvalue weighted by molar-refractivity contribution is 5.83. The highest BCUT2D eigenvalue weighted by atomic mass is 14.6. The Labute approximate surface area is 284 Å². The van der Waals surface area contributed by atoms with Gasteiger partial charge in [-0.1, -0.05) is 128 Å². The predicted molar refractivity (Wildman–Crippen MR) is 210 cm³/mol. The summed E-state index contributed by atoms with van der Waals surface area (Å²) in [6, 6.07) is 12.9. The zero-order valence-corrected chi connectivity index (χ0v) is 31.3. The summed E-state index contributed by atoms with van der Waals surface area (Å²) in [6.07, 6.45) is 13.3. The molecule has 0 spiro atoms. The fourth-order valence-electron chi connectivity index (χ4n) is 7.04. The van der Waals surface area contributed by atoms with E-state index in [-0.39, 0.29) is 5.92 Å². The van der Waals surface area contributed by atoms with Gasteiger partial charge in [-0.3, -0.25) is 0 Å². The molecule has 2 aliphatic carbocycles. The second-order valence-corrected chi connectivity index (χ2v) is 13.6. The maximum absolute atomic E-state index is 6.21. The summed E-state index contributed by atoms with van der Waals surface area (Å²) in [5.74, 6) is 4.25. The molecule has 2 N–H and O–H groups in total. The molecule has 2 aromatic carbocycles. The number of rotatable bonds is 11. The van der Waals surface area contributed by atoms with E-state index in [0.29, 0.717) is 5.92 Å². The SMILES string of the molecule is C=C(/C=C(\C)c1ccc(C(=C)C(C)C(=C)C(C)CCC)cc1C)/C(C)=C(\C=C/C)c1ccc(C)c(N)c1.CC.CC1C2CCCC12. The van der Waals surface area contributed by atoms with Gasteiger partial charge in [-0.25, -0.2) is 0 Å². The summed E-state index contributed by atoms with van der Waals surface area (Å²) in [7, 11) is 0. The van der Waals surface area contributed by atoms with Crippen molar-refractivity contribution in [3.05, 3.63) is 119 Å². The van der Waals surface area contributed by atoms with Gasteiger partial charge in [0, 0.05) is 11.6 Å². The first-order valence-corrected chi connectivity index (χ1v) is 17.9. The predicted octanol–water partition coefficient (Wildman–Crippen LogP) is 13.6. The van der Waals surface area contributed by atoms with Crippen LogP contribution in [0.4, 0.5) is 5.69 Å². The van der Waals surface area contributed by atoms with Crippen LogP contribution in [0.1, 0.15) is 122 Å². The van der Waals surface area contributed by atoms with E-state index in [4.69, 9.17) is 5.73 Å². The minimum absolute atomic E-state index is 0.261. The summed E-state index contributed by atoms with van der Waals surface area (Å²) < 4.78 is 0. The molecule has 0 amide bonds. The van der Waals surface area contributed by atoms with Crippen molar-refractivity contribution >= 4 is 22.4 Å². The number of allylic oxidation sites excluding steroid dienone is 9. The third-order valence-corrected chi connectivity index (χ3v) is 10.5. The van der Waals surface area contributed by atoms with Crippen molar-refractivity contribution in [1.82, 2.24) is 0 Å². The Morgan fingerprint density at radius 1 is 0.935 bits per heavy atom. The molecule has 2 aliphatic rings. The first kappa shape index (κ1) is 38.9. The Bertz CT molecular complexity index is 1450. The number of hydrogen-bond donors (Lipinski definition) is 1. The van der Waals surface area contributed by atoms with Crippen LogP contribution in [-0.4, -0.2) is 0 Å². The van der Waals surface area contributed by atoms with Crippen LogP contribution < -0.4 is 5.73 Å². The van der Waals surface area contributed by atoms with Gasteiger partial charge in [-0.2, -0.15) is 0 Å². The molecule has 0 heterocycles. The van der Waals surface area contributed by atoms with Gasteiger partial charge >= 0.3 is 0 Å². The second-order valence-electron chi connectivity index (χ2n) is 13.6. The Morgan fingerprint density at radius 3 is 2.04 bits per heavy atom. The molecule has 2 saturated carbocycles. The van der Waals surface area contributed by atoms with Crippen molar-refractivity contribution in [2.24, 2.45) is 29.6 Å². The topological polar surface area (TPSA) is 26.0 Å². The van der Waals surface area contributed by atoms with Crippen LogP contribution in [-0.2, 0) is 0 Å². The molecule has 0 bridgehead atoms. The summed E-state index contributed by atoms with van der Waals surface area (Å²) in [6.45, 7) is 36.9. The van der Waals surface area contributed by atoms with Crippen molar-refractivity contribution in [2.45, 2.75) is 108 Å². The summed E-state index contributed by atoms with van der Waals surface area (Å²) >= 11 is 0. The van der Waals surface area contributed by atoms with E-state index in [1.807, 2.05) is 33.8 Å². The third-order valence-electron chi connectivity index (χ3n) is 10.5. The van der Waals surface area contributed by atoms with Gasteiger partial charge in [0.25, 0.3) is 0 Å². The molecule has 0 aliphatic heterocycles. The van der Waals surface area contributed by atoms with E-state index in [0.717, 1.165) is 45.0 Å². The molecular formula is C45H65N. The molecule has 2 fully saturated rings. The van der Waals surface area contributed by atoms with Gasteiger partial charge in [0.15, 0.2) is 0 Å². The Hall–Kier alpha value is -3.32. The molecule has 0 saturated heterocycles. The lowest BCUT2D eigenvalue weighted by atomic mass is 9.81. The number of hydrogen-bond acceptors (Lipinski definition) is 1. The molecule has 4 atom stereocenters. The molecule has 46 heavy (non-hydrogen) atoms. The average Bonchev–Trinajstić information content (AvgIpc) is 3.39. The van der Waals surface area contributed by atoms with E-state index < -0.39 is 0 Å². The zero-order chi connectivity index (χ0) is 34.7. The molecule has 4 rings (SSSR count). The van der Waals surface area contributed by atoms with Gasteiger partial charge in [0.1, 0.15) is 0 Å². The normalized spacial score (nSPS) is 20.3. The molecule has 0 radical (unpaired) electrons. The lowest BCUT2D eigenvalue weighted by molar-refractivity contribution is 0.563. The Kier molecular flexibility index (Phi) is 15.3. The van der Waals surface area contributed by atoms with Crippen molar-refractivity contribution in [3.63, 3.8) is 0 Å². The number of aryl methyl sites for hydroxylation is 2. The number of benzene rings is 2. The van der Waals surface area contributed by atoms with E-state index >= 15 is 0 Å². The second kappa shape index (κ2) is 18.1. The minimum Gasteiger partial charge on any atom is -0.398 e. The van der Waals surface area contributed by atoms with Gasteiger partial charge in [-0.15, -0.1) is 0 Å². The van der Waals surface area contributed by atoms with Gasteiger partial charge in [-0.05, 0) is 139 Å². The van der Waals surface area contributed by atoms with Gasteiger partial charge in [0.05, 0.1) is 0 Å². The molecule has 1 heteroatoms. The van der Waals surface area contributed by atoms with Crippen LogP contribution in [0, 0.1) is 43.4 Å². The van der Waals surface area contributed by atoms with Crippen LogP contribution >= 0.6 is 0 Å². The number of nitrogen functional groups attached to an aromatic ring is 1. The Balaban J connectivity index is 0.000000697. The van der Waals surface area contributed by atoms with Crippen LogP contribution in [0.15, 0.2) is 91.1 Å². The van der Waals surface area contributed by atoms with Crippen LogP contribution in [0.3, 0.4) is 0 Å². The molecule has 250 valence electrons. The first-order chi connectivity index (χ1) is 21.8. The molecule has 2 aromatic rings. The smallest absolute Gasteiger partial charge is 0.0349 e. The standard InChI is InChI=1S/C36H47N.C7H12.C2H6/c1-12-14-23(3)28(8)30(10)31(11)32-18-19-34(27(7)21-32)26(6)20-25(5)29(9)35(15-13-2)33-17-16-24(4)36(37)22-33;1-5-6-3-2-4-7(5)6;1-2/h13,15-23,30H,5,8,11-12,14,37H2,1-4,6-7,9-10H3;5-7H,2-4H2,1H3;1-2H3/b15-13-,26-20+,35-29+;;. The fraction of sp³-hybridized carbons (Fsp3) is 0.467. The summed E-state index contributed by atoms with van der Waals surface area (Å²) in [4.78, 5) is 0. The van der Waals surface area contributed by atoms with Crippen LogP contribution in [0.5, 0.6) is 0 Å². The van der Waals surface area contributed by atoms with Crippen molar-refractivity contribution < 1.29 is 0 Å². The quantitative estimate of drug-likeness (QED) is 0.151. The zero-order valence-electron chi connectivity index (χ0n) is 31.3. The maximum Gasteiger partial charge on any atom is 0.0349 e. The molecule has 4 unspecified atom stereocenters. The van der Waals surface area contributed by atoms with Crippen molar-refractivity contribution in [2.75, 3.05) is 5.73 Å². The Morgan fingerprint density at radius 2 is 1.54 bits per heavy atom. The summed E-state index contributed by atoms with van der Waals surface area (Å²) in [5, 5.41) is 0. The number of fused-ring (bicyclic) bond motifs is 1. The summed E-state index contributed by atoms with van der Waals surface area (Å²) in [5.41, 5.74) is 19.7. The number of anilines is 1. The highest BCUT2D eigenvalue weighted by Crippen LogP contribution is 2.56. The average molecular weight is 620 g/mol. The lowest BCUT2D eigenvalue weighted by Crippen LogP contribution is -2.09. The highest BCUT2D eigenvalue weighted by Gasteiger charge is 2.48. The van der Waals surface area contributed by atoms with Crippen LogP contribution in [0.2, 0.25) is 0 Å². The van der Waals surface area contributed by atoms with Crippen molar-refractivity contribution in [1.29, 1.82) is 0 Å². The first-order valence-electron chi connectivity index (χ1n) is 17.9. The van der Waals surface area contributed by atoms with E-state index in [1.54, 1.807) is 12.8 Å². The maximum atomic E-state index is 6.21. The number of nitrogens with two attached hydrogens (primary N) is 1. The lowest BCUT2D eigenvalue weighted by Gasteiger charge is -2.23. The van der Waals surface area contributed by atoms with Crippen molar-refractivity contribution in [3.8, 4) is 0 Å². The van der Waals surface area contributed by atoms with E-state index in [1.165, 1.54) is 58.9 Å². The van der Waals surface area contributed by atoms with Crippen LogP contribution in [0.25, 0.3) is 16.7 Å². The molecular weight excluding hydrogens is 555 g/mol. The minimum atomic E-state index is 0.261. The monoisotopic (exact) mass is 620 g/mol. The van der Waals surface area contributed by atoms with Gasteiger partial charge < -0.3 is 5.73 Å². The van der Waals surface area contributed by atoms with E-state index in [9.17, 15) is 0 Å². The molecule has 1 nitrogen and oxygen atoms in total. The fourth-order valence-corrected chi connectivity index (χ4v) is 7.04. The molecule has 0 aromatic heterocycles.